The zero-order valence-electron chi connectivity index (χ0n) is 19.1. The molecule has 1 aromatic heterocycles. The van der Waals surface area contributed by atoms with Crippen molar-refractivity contribution < 1.29 is 4.79 Å². The molecule has 8 heteroatoms. The molecule has 0 radical (unpaired) electrons. The first kappa shape index (κ1) is 23.3. The smallest absolute Gasteiger partial charge is 0.220 e. The molecule has 2 aliphatic heterocycles. The van der Waals surface area contributed by atoms with E-state index >= 15 is 0 Å². The van der Waals surface area contributed by atoms with E-state index < -0.39 is 0 Å². The minimum Gasteiger partial charge on any atom is -0.369 e. The molecule has 2 aliphatic rings. The van der Waals surface area contributed by atoms with Gasteiger partial charge in [0, 0.05) is 56.4 Å². The number of piperidine rings is 2. The van der Waals surface area contributed by atoms with E-state index in [0.717, 1.165) is 75.7 Å². The number of nitrogens with one attached hydrogen (secondary N) is 2. The highest BCUT2D eigenvalue weighted by Gasteiger charge is 2.25. The van der Waals surface area contributed by atoms with Crippen LogP contribution in [0.15, 0.2) is 23.3 Å². The van der Waals surface area contributed by atoms with E-state index in [9.17, 15) is 4.79 Å². The quantitative estimate of drug-likeness (QED) is 0.430. The lowest BCUT2D eigenvalue weighted by Gasteiger charge is -2.33. The van der Waals surface area contributed by atoms with Crippen molar-refractivity contribution in [3.63, 3.8) is 0 Å². The van der Waals surface area contributed by atoms with Crippen LogP contribution in [-0.4, -0.2) is 67.1 Å². The monoisotopic (exact) mass is 429 g/mol. The standard InChI is InChI=1S/C23H39N7O/c1-3-12-29-13-9-20(10-14-29)28-23(25-4-2)27-17-19-6-5-11-26-22(19)30-15-7-18(8-16-30)21(24)31/h5-6,11,18,20H,3-4,7-10,12-17H2,1-2H3,(H2,24,31)(H2,25,27,28). The number of guanidine groups is 1. The average molecular weight is 430 g/mol. The molecule has 0 atom stereocenters. The van der Waals surface area contributed by atoms with Crippen molar-refractivity contribution in [3.05, 3.63) is 23.9 Å². The summed E-state index contributed by atoms with van der Waals surface area (Å²) in [5.41, 5.74) is 6.59. The average Bonchev–Trinajstić information content (AvgIpc) is 2.79. The number of aliphatic imine (C=N–C) groups is 1. The summed E-state index contributed by atoms with van der Waals surface area (Å²) in [6, 6.07) is 4.53. The fourth-order valence-electron chi connectivity index (χ4n) is 4.51. The van der Waals surface area contributed by atoms with Crippen LogP contribution >= 0.6 is 0 Å². The number of primary amides is 1. The van der Waals surface area contributed by atoms with E-state index in [2.05, 4.69) is 45.3 Å². The van der Waals surface area contributed by atoms with Gasteiger partial charge < -0.3 is 26.2 Å². The highest BCUT2D eigenvalue weighted by Crippen LogP contribution is 2.25. The summed E-state index contributed by atoms with van der Waals surface area (Å²) in [5.74, 6) is 1.64. The Hall–Kier alpha value is -2.35. The molecule has 172 valence electrons. The van der Waals surface area contributed by atoms with Crippen molar-refractivity contribution in [1.82, 2.24) is 20.5 Å². The Balaban J connectivity index is 1.60. The molecule has 3 rings (SSSR count). The summed E-state index contributed by atoms with van der Waals surface area (Å²) in [7, 11) is 0. The van der Waals surface area contributed by atoms with Crippen LogP contribution in [0, 0.1) is 5.92 Å². The fourth-order valence-corrected chi connectivity index (χ4v) is 4.51. The molecule has 1 amide bonds. The second-order valence-corrected chi connectivity index (χ2v) is 8.61. The molecule has 8 nitrogen and oxygen atoms in total. The van der Waals surface area contributed by atoms with Gasteiger partial charge in [-0.25, -0.2) is 9.98 Å². The summed E-state index contributed by atoms with van der Waals surface area (Å²) in [4.78, 5) is 25.8. The number of hydrogen-bond acceptors (Lipinski definition) is 5. The lowest BCUT2D eigenvalue weighted by molar-refractivity contribution is -0.122. The number of aromatic nitrogens is 1. The zero-order chi connectivity index (χ0) is 22.1. The third kappa shape index (κ3) is 6.82. The van der Waals surface area contributed by atoms with Gasteiger partial charge in [0.15, 0.2) is 5.96 Å². The number of likely N-dealkylation sites (tertiary alicyclic amines) is 1. The Bertz CT molecular complexity index is 722. The number of rotatable bonds is 8. The Morgan fingerprint density at radius 2 is 1.94 bits per heavy atom. The Morgan fingerprint density at radius 1 is 1.19 bits per heavy atom. The van der Waals surface area contributed by atoms with E-state index in [-0.39, 0.29) is 11.8 Å². The van der Waals surface area contributed by atoms with Crippen molar-refractivity contribution in [1.29, 1.82) is 0 Å². The SMILES string of the molecule is CCCN1CCC(NC(=NCc2cccnc2N2CCC(C(N)=O)CC2)NCC)CC1. The summed E-state index contributed by atoms with van der Waals surface area (Å²) in [6.45, 7) is 10.8. The molecule has 0 bridgehead atoms. The predicted molar refractivity (Wildman–Crippen MR) is 126 cm³/mol. The number of carbonyl (C=O) groups is 1. The van der Waals surface area contributed by atoms with Crippen LogP contribution in [0.4, 0.5) is 5.82 Å². The number of carbonyl (C=O) groups excluding carboxylic acids is 1. The molecular weight excluding hydrogens is 390 g/mol. The van der Waals surface area contributed by atoms with Gasteiger partial charge >= 0.3 is 0 Å². The molecule has 4 N–H and O–H groups in total. The summed E-state index contributed by atoms with van der Waals surface area (Å²) >= 11 is 0. The van der Waals surface area contributed by atoms with Crippen molar-refractivity contribution in [3.8, 4) is 0 Å². The van der Waals surface area contributed by atoms with Gasteiger partial charge in [0.2, 0.25) is 5.91 Å². The van der Waals surface area contributed by atoms with Crippen molar-refractivity contribution >= 4 is 17.7 Å². The topological polar surface area (TPSA) is 98.9 Å². The largest absolute Gasteiger partial charge is 0.369 e. The number of amides is 1. The van der Waals surface area contributed by atoms with E-state index in [1.54, 1.807) is 0 Å². The van der Waals surface area contributed by atoms with Crippen LogP contribution in [0.2, 0.25) is 0 Å². The van der Waals surface area contributed by atoms with E-state index in [1.165, 1.54) is 13.0 Å². The molecular formula is C23H39N7O. The molecule has 0 saturated carbocycles. The second-order valence-electron chi connectivity index (χ2n) is 8.61. The highest BCUT2D eigenvalue weighted by molar-refractivity contribution is 5.80. The number of anilines is 1. The van der Waals surface area contributed by atoms with Crippen LogP contribution in [0.5, 0.6) is 0 Å². The molecule has 2 fully saturated rings. The third-order valence-corrected chi connectivity index (χ3v) is 6.28. The fraction of sp³-hybridized carbons (Fsp3) is 0.696. The first-order valence-corrected chi connectivity index (χ1v) is 11.9. The number of nitrogens with two attached hydrogens (primary N) is 1. The summed E-state index contributed by atoms with van der Waals surface area (Å²) < 4.78 is 0. The minimum absolute atomic E-state index is 0.0188. The molecule has 3 heterocycles. The maximum atomic E-state index is 11.5. The molecule has 0 unspecified atom stereocenters. The van der Waals surface area contributed by atoms with Crippen molar-refractivity contribution in [2.75, 3.05) is 44.2 Å². The Morgan fingerprint density at radius 3 is 2.58 bits per heavy atom. The number of pyridine rings is 1. The molecule has 0 aliphatic carbocycles. The van der Waals surface area contributed by atoms with Gasteiger partial charge in [-0.3, -0.25) is 4.79 Å². The van der Waals surface area contributed by atoms with Gasteiger partial charge in [-0.05, 0) is 51.6 Å². The lowest BCUT2D eigenvalue weighted by Crippen LogP contribution is -2.48. The predicted octanol–water partition coefficient (Wildman–Crippen LogP) is 1.71. The maximum absolute atomic E-state index is 11.5. The Labute approximate surface area is 186 Å². The zero-order valence-corrected chi connectivity index (χ0v) is 19.1. The van der Waals surface area contributed by atoms with E-state index in [0.29, 0.717) is 12.6 Å². The van der Waals surface area contributed by atoms with Gasteiger partial charge in [0.25, 0.3) is 0 Å². The van der Waals surface area contributed by atoms with Gasteiger partial charge in [0.05, 0.1) is 6.54 Å². The lowest BCUT2D eigenvalue weighted by atomic mass is 9.96. The summed E-state index contributed by atoms with van der Waals surface area (Å²) in [5, 5.41) is 7.03. The normalized spacial score (nSPS) is 19.4. The van der Waals surface area contributed by atoms with Crippen molar-refractivity contribution in [2.45, 2.75) is 58.5 Å². The molecule has 2 saturated heterocycles. The molecule has 0 aromatic carbocycles. The molecule has 31 heavy (non-hydrogen) atoms. The van der Waals surface area contributed by atoms with Gasteiger partial charge in [-0.2, -0.15) is 0 Å². The van der Waals surface area contributed by atoms with Gasteiger partial charge in [0.1, 0.15) is 5.82 Å². The maximum Gasteiger partial charge on any atom is 0.220 e. The first-order valence-electron chi connectivity index (χ1n) is 11.9. The van der Waals surface area contributed by atoms with E-state index in [4.69, 9.17) is 10.7 Å². The van der Waals surface area contributed by atoms with E-state index in [1.807, 2.05) is 12.3 Å². The van der Waals surface area contributed by atoms with Crippen LogP contribution in [-0.2, 0) is 11.3 Å². The number of nitrogens with zero attached hydrogens (tertiary/aromatic N) is 4. The van der Waals surface area contributed by atoms with Crippen LogP contribution < -0.4 is 21.3 Å². The minimum atomic E-state index is -0.188. The molecule has 0 spiro atoms. The first-order chi connectivity index (χ1) is 15.1. The summed E-state index contributed by atoms with van der Waals surface area (Å²) in [6.07, 6.45) is 6.92. The van der Waals surface area contributed by atoms with Gasteiger partial charge in [-0.1, -0.05) is 13.0 Å². The number of hydrogen-bond donors (Lipinski definition) is 3. The van der Waals surface area contributed by atoms with Gasteiger partial charge in [-0.15, -0.1) is 0 Å². The van der Waals surface area contributed by atoms with Crippen LogP contribution in [0.3, 0.4) is 0 Å². The Kier molecular flexibility index (Phi) is 8.94. The third-order valence-electron chi connectivity index (χ3n) is 6.28. The molecule has 1 aromatic rings. The van der Waals surface area contributed by atoms with Crippen LogP contribution in [0.25, 0.3) is 0 Å². The highest BCUT2D eigenvalue weighted by atomic mass is 16.1. The van der Waals surface area contributed by atoms with Crippen LogP contribution in [0.1, 0.15) is 51.5 Å². The van der Waals surface area contributed by atoms with Crippen molar-refractivity contribution in [2.24, 2.45) is 16.6 Å². The second kappa shape index (κ2) is 11.9.